The van der Waals surface area contributed by atoms with Crippen LogP contribution in [-0.4, -0.2) is 23.2 Å². The van der Waals surface area contributed by atoms with Crippen molar-refractivity contribution in [2.24, 2.45) is 0 Å². The standard InChI is InChI=1S/C30H20NO.C15H18GeN.Ir/c1-20-17-28(31-19-27(20)22-11-6-3-7-12-22)25-14-8-13-24-26-18-23(21-9-4-2-5-10-21)15-16-29(26)32-30(24)25;1-12-10-15(13-8-6-5-7-9-13)17-11-14(12)16(2,3)4;/h2-13,15-19H,1H3;5-8,10-11H,1-4H3;/q2*-1;. The third kappa shape index (κ3) is 7.44. The molecule has 0 aliphatic carbocycles. The average Bonchev–Trinajstić information content (AvgIpc) is 3.51. The molecule has 8 aromatic rings. The van der Waals surface area contributed by atoms with E-state index in [4.69, 9.17) is 9.40 Å². The van der Waals surface area contributed by atoms with E-state index in [0.717, 1.165) is 50.0 Å². The molecule has 249 valence electrons. The molecule has 5 heteroatoms. The number of hydrogen-bond acceptors (Lipinski definition) is 3. The summed E-state index contributed by atoms with van der Waals surface area (Å²) in [6, 6.07) is 50.1. The molecule has 0 amide bonds. The van der Waals surface area contributed by atoms with Gasteiger partial charge in [-0.15, -0.1) is 18.2 Å². The summed E-state index contributed by atoms with van der Waals surface area (Å²) in [5.74, 6) is 7.20. The van der Waals surface area contributed by atoms with Crippen LogP contribution < -0.4 is 4.40 Å². The molecule has 0 fully saturated rings. The minimum Gasteiger partial charge on any atom is 0 e. The Morgan fingerprint density at radius 1 is 0.580 bits per heavy atom. The van der Waals surface area contributed by atoms with Crippen molar-refractivity contribution < 1.29 is 24.5 Å². The molecule has 0 bridgehead atoms. The van der Waals surface area contributed by atoms with Gasteiger partial charge in [-0.2, -0.15) is 0 Å². The Morgan fingerprint density at radius 3 is 1.92 bits per heavy atom. The molecule has 1 radical (unpaired) electrons. The molecule has 0 aliphatic heterocycles. The fourth-order valence-corrected chi connectivity index (χ4v) is 9.98. The van der Waals surface area contributed by atoms with Gasteiger partial charge >= 0.3 is 106 Å². The van der Waals surface area contributed by atoms with E-state index in [0.29, 0.717) is 0 Å². The molecule has 0 atom stereocenters. The van der Waals surface area contributed by atoms with Crippen molar-refractivity contribution in [3.63, 3.8) is 0 Å². The third-order valence-electron chi connectivity index (χ3n) is 8.89. The molecule has 3 aromatic heterocycles. The van der Waals surface area contributed by atoms with Crippen molar-refractivity contribution in [3.8, 4) is 44.8 Å². The van der Waals surface area contributed by atoms with E-state index in [9.17, 15) is 0 Å². The van der Waals surface area contributed by atoms with E-state index in [1.54, 1.807) is 0 Å². The molecule has 50 heavy (non-hydrogen) atoms. The zero-order valence-corrected chi connectivity index (χ0v) is 33.4. The molecule has 0 saturated heterocycles. The Bertz CT molecular complexity index is 2380. The van der Waals surface area contributed by atoms with Gasteiger partial charge in [0, 0.05) is 37.3 Å². The normalized spacial score (nSPS) is 11.1. The Hall–Kier alpha value is -4.61. The summed E-state index contributed by atoms with van der Waals surface area (Å²) in [6.45, 7) is 4.32. The van der Waals surface area contributed by atoms with Crippen LogP contribution in [0.1, 0.15) is 11.1 Å². The van der Waals surface area contributed by atoms with Gasteiger partial charge in [0.25, 0.3) is 0 Å². The Kier molecular flexibility index (Phi) is 10.6. The van der Waals surface area contributed by atoms with Crippen molar-refractivity contribution >= 4 is 39.6 Å². The molecule has 5 aromatic carbocycles. The Balaban J connectivity index is 0.000000204. The van der Waals surface area contributed by atoms with Crippen LogP contribution in [0.25, 0.3) is 66.7 Å². The predicted molar refractivity (Wildman–Crippen MR) is 208 cm³/mol. The predicted octanol–water partition coefficient (Wildman–Crippen LogP) is 11.5. The maximum absolute atomic E-state index is 6.31. The van der Waals surface area contributed by atoms with Gasteiger partial charge in [0.2, 0.25) is 0 Å². The number of nitrogens with zero attached hydrogens (tertiary/aromatic N) is 2. The second kappa shape index (κ2) is 15.1. The number of rotatable bonds is 5. The summed E-state index contributed by atoms with van der Waals surface area (Å²) in [7, 11) is 0. The molecule has 0 unspecified atom stereocenters. The summed E-state index contributed by atoms with van der Waals surface area (Å²) >= 11 is -1.77. The SMILES string of the molecule is Cc1cc(-c2[c-]ccc3c2oc2ccc(-c4ccccc4)cc23)ncc1-c1ccccc1.Cc1cc(-c2[c-]cccc2)nc[c]1[Ge]([CH3])([CH3])[CH3].[Ir]. The molecule has 0 spiro atoms. The maximum atomic E-state index is 6.31. The fourth-order valence-electron chi connectivity index (χ4n) is 6.40. The van der Waals surface area contributed by atoms with E-state index in [1.165, 1.54) is 32.2 Å². The van der Waals surface area contributed by atoms with Crippen LogP contribution >= 0.6 is 0 Å². The zero-order valence-electron chi connectivity index (χ0n) is 28.9. The fraction of sp³-hybridized carbons (Fsp3) is 0.111. The molecule has 3 nitrogen and oxygen atoms in total. The molecule has 0 N–H and O–H groups in total. The van der Waals surface area contributed by atoms with Gasteiger partial charge in [-0.25, -0.2) is 0 Å². The Morgan fingerprint density at radius 2 is 1.26 bits per heavy atom. The third-order valence-corrected chi connectivity index (χ3v) is 13.4. The molecular formula is C45H38GeIrN2O-2. The van der Waals surface area contributed by atoms with Crippen molar-refractivity contribution in [2.45, 2.75) is 31.1 Å². The van der Waals surface area contributed by atoms with Crippen LogP contribution in [0, 0.1) is 26.0 Å². The summed E-state index contributed by atoms with van der Waals surface area (Å²) < 4.78 is 7.80. The molecular weight excluding hydrogens is 849 g/mol. The zero-order chi connectivity index (χ0) is 34.0. The number of pyridine rings is 2. The van der Waals surface area contributed by atoms with Gasteiger partial charge in [0.1, 0.15) is 5.58 Å². The van der Waals surface area contributed by atoms with Gasteiger partial charge in [0.05, 0.1) is 5.58 Å². The minimum atomic E-state index is -1.77. The second-order valence-electron chi connectivity index (χ2n) is 13.4. The molecule has 0 saturated carbocycles. The van der Waals surface area contributed by atoms with Crippen molar-refractivity contribution in [1.82, 2.24) is 9.97 Å². The first-order valence-corrected chi connectivity index (χ1v) is 24.0. The first kappa shape index (κ1) is 35.2. The van der Waals surface area contributed by atoms with E-state index in [1.807, 2.05) is 42.6 Å². The van der Waals surface area contributed by atoms with E-state index in [-0.39, 0.29) is 20.1 Å². The Labute approximate surface area is 311 Å². The van der Waals surface area contributed by atoms with E-state index >= 15 is 0 Å². The van der Waals surface area contributed by atoms with Gasteiger partial charge in [-0.1, -0.05) is 83.7 Å². The monoisotopic (exact) mass is 889 g/mol. The van der Waals surface area contributed by atoms with Gasteiger partial charge in [0.15, 0.2) is 0 Å². The number of fused-ring (bicyclic) bond motifs is 3. The van der Waals surface area contributed by atoms with Crippen molar-refractivity contribution in [2.75, 3.05) is 0 Å². The maximum Gasteiger partial charge on any atom is 0 e. The van der Waals surface area contributed by atoms with Crippen LogP contribution in [0.4, 0.5) is 0 Å². The largest absolute Gasteiger partial charge is 0 e. The summed E-state index contributed by atoms with van der Waals surface area (Å²) in [5.41, 5.74) is 12.8. The number of aromatic nitrogens is 2. The quantitative estimate of drug-likeness (QED) is 0.128. The van der Waals surface area contributed by atoms with Crippen molar-refractivity contribution in [3.05, 3.63) is 163 Å². The number of furan rings is 1. The van der Waals surface area contributed by atoms with Gasteiger partial charge in [-0.05, 0) is 47.0 Å². The number of benzene rings is 5. The van der Waals surface area contributed by atoms with E-state index < -0.39 is 13.3 Å². The summed E-state index contributed by atoms with van der Waals surface area (Å²) in [5, 5.41) is 2.19. The smallest absolute Gasteiger partial charge is 0 e. The number of hydrogen-bond donors (Lipinski definition) is 0. The first-order chi connectivity index (χ1) is 23.8. The first-order valence-electron chi connectivity index (χ1n) is 16.7. The molecule has 3 heterocycles. The van der Waals surface area contributed by atoms with Gasteiger partial charge < -0.3 is 9.40 Å². The van der Waals surface area contributed by atoms with Crippen molar-refractivity contribution in [1.29, 1.82) is 0 Å². The second-order valence-corrected chi connectivity index (χ2v) is 24.0. The van der Waals surface area contributed by atoms with Crippen LogP contribution in [0.5, 0.6) is 0 Å². The van der Waals surface area contributed by atoms with E-state index in [2.05, 4.69) is 145 Å². The average molecular weight is 888 g/mol. The topological polar surface area (TPSA) is 38.9 Å². The van der Waals surface area contributed by atoms with Gasteiger partial charge in [-0.3, -0.25) is 0 Å². The van der Waals surface area contributed by atoms with Crippen LogP contribution in [0.2, 0.25) is 17.3 Å². The van der Waals surface area contributed by atoms with Crippen LogP contribution in [0.3, 0.4) is 0 Å². The minimum absolute atomic E-state index is 0. The molecule has 0 aliphatic rings. The van der Waals surface area contributed by atoms with Crippen LogP contribution in [0.15, 0.2) is 144 Å². The number of aryl methyl sites for hydroxylation is 2. The van der Waals surface area contributed by atoms with Crippen LogP contribution in [-0.2, 0) is 20.1 Å². The molecule has 8 rings (SSSR count). The summed E-state index contributed by atoms with van der Waals surface area (Å²) in [4.78, 5) is 9.37. The summed E-state index contributed by atoms with van der Waals surface area (Å²) in [6.07, 6.45) is 4.02.